The molecule has 2 heterocycles. The molecular weight excluding hydrogens is 833 g/mol. The fraction of sp³-hybridized carbons (Fsp3) is 0.143. The molecule has 1 aliphatic heterocycles. The van der Waals surface area contributed by atoms with E-state index in [0.717, 1.165) is 56.1 Å². The van der Waals surface area contributed by atoms with Gasteiger partial charge in [0.15, 0.2) is 0 Å². The second kappa shape index (κ2) is 15.4. The van der Waals surface area contributed by atoms with Crippen molar-refractivity contribution < 1.29 is 4.42 Å². The van der Waals surface area contributed by atoms with Crippen LogP contribution < -0.4 is 9.80 Å². The predicted octanol–water partition coefficient (Wildman–Crippen LogP) is 17.9. The van der Waals surface area contributed by atoms with Gasteiger partial charge in [-0.1, -0.05) is 162 Å². The lowest BCUT2D eigenvalue weighted by molar-refractivity contribution is 0.590. The first-order chi connectivity index (χ1) is 32.5. The molecule has 67 heavy (non-hydrogen) atoms. The molecule has 326 valence electrons. The maximum absolute atomic E-state index is 6.93. The summed E-state index contributed by atoms with van der Waals surface area (Å²) in [5.74, 6) is 0. The van der Waals surface area contributed by atoms with Crippen molar-refractivity contribution in [3.63, 3.8) is 0 Å². The quantitative estimate of drug-likeness (QED) is 0.166. The largest absolute Gasteiger partial charge is 0.456 e. The summed E-state index contributed by atoms with van der Waals surface area (Å²) in [5.41, 5.74) is 18.3. The monoisotopic (exact) mass is 884 g/mol. The summed E-state index contributed by atoms with van der Waals surface area (Å²) in [6.45, 7) is 13.6. The van der Waals surface area contributed by atoms with Crippen LogP contribution in [0.1, 0.15) is 74.9 Å². The average molecular weight is 885 g/mol. The number of anilines is 6. The van der Waals surface area contributed by atoms with E-state index < -0.39 is 5.41 Å². The van der Waals surface area contributed by atoms with Gasteiger partial charge in [-0.05, 0) is 140 Å². The van der Waals surface area contributed by atoms with Crippen molar-refractivity contribution in [1.29, 1.82) is 0 Å². The SMILES string of the molecule is CC(C)(C)c1ccc(N(c2ccc(C(C)(C)C)cc2)c2ccc3c(c2)oc2cc(N(c4ccccc4)c4ccc5c(c4)C4(c6ccccc6Sc6ccccc64)c4ccccc4-5)ccc23)cc1. The molecule has 1 aromatic heterocycles. The Labute approximate surface area is 398 Å². The fourth-order valence-corrected chi connectivity index (χ4v) is 11.9. The van der Waals surface area contributed by atoms with Gasteiger partial charge in [0.1, 0.15) is 11.2 Å². The van der Waals surface area contributed by atoms with Gasteiger partial charge in [0.05, 0.1) is 5.41 Å². The van der Waals surface area contributed by atoms with Crippen LogP contribution in [0.15, 0.2) is 220 Å². The van der Waals surface area contributed by atoms with Gasteiger partial charge in [0, 0.05) is 66.8 Å². The Hall–Kier alpha value is -7.27. The van der Waals surface area contributed by atoms with Crippen LogP contribution >= 0.6 is 11.8 Å². The molecule has 10 aromatic rings. The minimum Gasteiger partial charge on any atom is -0.456 e. The van der Waals surface area contributed by atoms with Crippen molar-refractivity contribution in [1.82, 2.24) is 0 Å². The van der Waals surface area contributed by atoms with E-state index in [2.05, 4.69) is 258 Å². The van der Waals surface area contributed by atoms with Gasteiger partial charge in [0.25, 0.3) is 0 Å². The van der Waals surface area contributed by atoms with Crippen LogP contribution in [0.2, 0.25) is 0 Å². The Kier molecular flexibility index (Phi) is 9.47. The molecule has 1 aliphatic carbocycles. The van der Waals surface area contributed by atoms with E-state index >= 15 is 0 Å². The first-order valence-electron chi connectivity index (χ1n) is 23.4. The number of rotatable bonds is 6. The van der Waals surface area contributed by atoms with Crippen molar-refractivity contribution in [3.05, 3.63) is 240 Å². The molecule has 0 fully saturated rings. The molecule has 12 rings (SSSR count). The molecule has 0 saturated heterocycles. The van der Waals surface area contributed by atoms with Crippen molar-refractivity contribution in [2.45, 2.75) is 67.6 Å². The standard InChI is InChI=1S/C63H52N2OS/c1-61(2,3)41-24-28-44(29-25-41)64(45-30-26-42(27-31-45)62(4,5)6)47-33-36-51-52-37-34-48(40-58(52)66-57(51)39-47)65(43-16-8-7-9-17-43)46-32-35-50-49-18-10-11-19-53(49)63(56(50)38-46)54-20-12-14-22-59(54)67-60-23-15-13-21-55(60)63/h7-40H,1-6H3. The minimum absolute atomic E-state index is 0.0570. The van der Waals surface area contributed by atoms with Crippen LogP contribution in [-0.2, 0) is 16.2 Å². The number of hydrogen-bond acceptors (Lipinski definition) is 4. The molecule has 0 N–H and O–H groups in total. The number of benzene rings is 9. The number of furan rings is 1. The topological polar surface area (TPSA) is 19.6 Å². The van der Waals surface area contributed by atoms with Crippen molar-refractivity contribution in [3.8, 4) is 11.1 Å². The van der Waals surface area contributed by atoms with E-state index in [-0.39, 0.29) is 10.8 Å². The molecule has 0 amide bonds. The molecule has 0 unspecified atom stereocenters. The Morgan fingerprint density at radius 2 is 0.761 bits per heavy atom. The van der Waals surface area contributed by atoms with Gasteiger partial charge in [-0.25, -0.2) is 0 Å². The second-order valence-electron chi connectivity index (χ2n) is 20.2. The van der Waals surface area contributed by atoms with Crippen LogP contribution in [0.4, 0.5) is 34.1 Å². The third kappa shape index (κ3) is 6.64. The van der Waals surface area contributed by atoms with Crippen molar-refractivity contribution in [2.24, 2.45) is 0 Å². The first-order valence-corrected chi connectivity index (χ1v) is 24.2. The van der Waals surface area contributed by atoms with E-state index in [1.54, 1.807) is 0 Å². The van der Waals surface area contributed by atoms with Gasteiger partial charge in [0.2, 0.25) is 0 Å². The fourth-order valence-electron chi connectivity index (χ4n) is 10.7. The molecule has 0 atom stereocenters. The van der Waals surface area contributed by atoms with Gasteiger partial charge < -0.3 is 14.2 Å². The Balaban J connectivity index is 0.998. The highest BCUT2D eigenvalue weighted by Crippen LogP contribution is 2.62. The Morgan fingerprint density at radius 3 is 1.30 bits per heavy atom. The summed E-state index contributed by atoms with van der Waals surface area (Å²) in [6, 6.07) is 76.3. The molecular formula is C63H52N2OS. The predicted molar refractivity (Wildman–Crippen MR) is 282 cm³/mol. The zero-order chi connectivity index (χ0) is 45.7. The zero-order valence-electron chi connectivity index (χ0n) is 38.8. The molecule has 9 aromatic carbocycles. The van der Waals surface area contributed by atoms with Crippen LogP contribution in [0, 0.1) is 0 Å². The Morgan fingerprint density at radius 1 is 0.358 bits per heavy atom. The molecule has 0 saturated carbocycles. The number of fused-ring (bicyclic) bond motifs is 12. The highest BCUT2D eigenvalue weighted by atomic mass is 32.2. The van der Waals surface area contributed by atoms with E-state index in [1.165, 1.54) is 54.3 Å². The van der Waals surface area contributed by atoms with Gasteiger partial charge in [-0.3, -0.25) is 0 Å². The zero-order valence-corrected chi connectivity index (χ0v) is 39.7. The van der Waals surface area contributed by atoms with Crippen LogP contribution in [0.3, 0.4) is 0 Å². The van der Waals surface area contributed by atoms with Gasteiger partial charge in [-0.15, -0.1) is 0 Å². The first kappa shape index (κ1) is 41.2. The number of nitrogens with zero attached hydrogens (tertiary/aromatic N) is 2. The molecule has 1 spiro atoms. The molecule has 3 nitrogen and oxygen atoms in total. The third-order valence-electron chi connectivity index (χ3n) is 14.0. The van der Waals surface area contributed by atoms with E-state index in [0.29, 0.717) is 0 Å². The summed E-state index contributed by atoms with van der Waals surface area (Å²) >= 11 is 1.88. The van der Waals surface area contributed by atoms with Crippen molar-refractivity contribution in [2.75, 3.05) is 9.80 Å². The summed E-state index contributed by atoms with van der Waals surface area (Å²) in [7, 11) is 0. The number of hydrogen-bond donors (Lipinski definition) is 0. The van der Waals surface area contributed by atoms with Crippen LogP contribution in [-0.4, -0.2) is 0 Å². The molecule has 2 aliphatic rings. The average Bonchev–Trinajstić information content (AvgIpc) is 3.84. The van der Waals surface area contributed by atoms with Crippen LogP contribution in [0.25, 0.3) is 33.1 Å². The summed E-state index contributed by atoms with van der Waals surface area (Å²) in [6.07, 6.45) is 0. The molecule has 0 bridgehead atoms. The minimum atomic E-state index is -0.472. The lowest BCUT2D eigenvalue weighted by Gasteiger charge is -2.40. The summed E-state index contributed by atoms with van der Waals surface area (Å²) in [5, 5.41) is 2.18. The Bertz CT molecular complexity index is 3410. The number of para-hydroxylation sites is 1. The van der Waals surface area contributed by atoms with Crippen molar-refractivity contribution >= 4 is 67.8 Å². The van der Waals surface area contributed by atoms with E-state index in [9.17, 15) is 0 Å². The van der Waals surface area contributed by atoms with E-state index in [4.69, 9.17) is 4.42 Å². The maximum atomic E-state index is 6.93. The smallest absolute Gasteiger partial charge is 0.137 e. The van der Waals surface area contributed by atoms with Crippen LogP contribution in [0.5, 0.6) is 0 Å². The lowest BCUT2D eigenvalue weighted by atomic mass is 9.67. The summed E-state index contributed by atoms with van der Waals surface area (Å²) in [4.78, 5) is 7.32. The normalized spacial score (nSPS) is 13.6. The van der Waals surface area contributed by atoms with Gasteiger partial charge in [-0.2, -0.15) is 0 Å². The highest BCUT2D eigenvalue weighted by Gasteiger charge is 2.50. The lowest BCUT2D eigenvalue weighted by Crippen LogP contribution is -2.32. The van der Waals surface area contributed by atoms with E-state index in [1.807, 2.05) is 11.8 Å². The molecule has 0 radical (unpaired) electrons. The van der Waals surface area contributed by atoms with Gasteiger partial charge >= 0.3 is 0 Å². The summed E-state index contributed by atoms with van der Waals surface area (Å²) < 4.78 is 6.93. The maximum Gasteiger partial charge on any atom is 0.137 e. The second-order valence-corrected chi connectivity index (χ2v) is 21.3. The third-order valence-corrected chi connectivity index (χ3v) is 15.2. The highest BCUT2D eigenvalue weighted by molar-refractivity contribution is 7.99. The molecule has 4 heteroatoms.